The fraction of sp³-hybridized carbons (Fsp3) is 0.143. The first kappa shape index (κ1) is 11.0. The van der Waals surface area contributed by atoms with Gasteiger partial charge in [0.2, 0.25) is 0 Å². The smallest absolute Gasteiger partial charge is 0.127 e. The summed E-state index contributed by atoms with van der Waals surface area (Å²) < 4.78 is 5.67. The molecular formula is C14H13ClO. The van der Waals surface area contributed by atoms with Crippen LogP contribution in [0.15, 0.2) is 54.6 Å². The lowest BCUT2D eigenvalue weighted by molar-refractivity contribution is 0.482. The molecule has 2 heteroatoms. The zero-order valence-corrected chi connectivity index (χ0v) is 9.82. The van der Waals surface area contributed by atoms with Crippen molar-refractivity contribution in [3.05, 3.63) is 60.2 Å². The maximum atomic E-state index is 5.97. The van der Waals surface area contributed by atoms with Crippen LogP contribution < -0.4 is 4.74 Å². The lowest BCUT2D eigenvalue weighted by Gasteiger charge is -2.07. The average Bonchev–Trinajstić information content (AvgIpc) is 2.31. The van der Waals surface area contributed by atoms with Gasteiger partial charge >= 0.3 is 0 Å². The van der Waals surface area contributed by atoms with Gasteiger partial charge in [-0.2, -0.15) is 0 Å². The molecule has 1 unspecified atom stereocenters. The number of para-hydroxylation sites is 1. The van der Waals surface area contributed by atoms with Crippen molar-refractivity contribution in [3.63, 3.8) is 0 Å². The SMILES string of the molecule is CC(Cl)c1ccc(Oc2ccccc2)cc1. The number of ether oxygens (including phenoxy) is 1. The van der Waals surface area contributed by atoms with Gasteiger partial charge in [0.05, 0.1) is 5.38 Å². The molecule has 0 aliphatic carbocycles. The van der Waals surface area contributed by atoms with E-state index in [-0.39, 0.29) is 5.38 Å². The average molecular weight is 233 g/mol. The minimum absolute atomic E-state index is 0.0331. The zero-order valence-electron chi connectivity index (χ0n) is 9.06. The summed E-state index contributed by atoms with van der Waals surface area (Å²) in [5, 5.41) is 0.0331. The van der Waals surface area contributed by atoms with Gasteiger partial charge in [-0.05, 0) is 36.8 Å². The molecule has 0 amide bonds. The molecule has 0 aromatic heterocycles. The van der Waals surface area contributed by atoms with Crippen molar-refractivity contribution in [3.8, 4) is 11.5 Å². The fourth-order valence-electron chi connectivity index (χ4n) is 1.43. The largest absolute Gasteiger partial charge is 0.457 e. The number of alkyl halides is 1. The molecule has 16 heavy (non-hydrogen) atoms. The molecule has 1 nitrogen and oxygen atoms in total. The van der Waals surface area contributed by atoms with Crippen molar-refractivity contribution >= 4 is 11.6 Å². The summed E-state index contributed by atoms with van der Waals surface area (Å²) in [6.07, 6.45) is 0. The van der Waals surface area contributed by atoms with E-state index in [2.05, 4.69) is 0 Å². The predicted molar refractivity (Wildman–Crippen MR) is 67.2 cm³/mol. The van der Waals surface area contributed by atoms with Crippen LogP contribution in [0.25, 0.3) is 0 Å². The molecule has 82 valence electrons. The van der Waals surface area contributed by atoms with Crippen molar-refractivity contribution in [2.24, 2.45) is 0 Å². The van der Waals surface area contributed by atoms with Gasteiger partial charge in [0.1, 0.15) is 11.5 Å². The maximum Gasteiger partial charge on any atom is 0.127 e. The van der Waals surface area contributed by atoms with E-state index in [1.807, 2.05) is 61.5 Å². The van der Waals surface area contributed by atoms with E-state index in [4.69, 9.17) is 16.3 Å². The molecule has 0 aliphatic heterocycles. The standard InChI is InChI=1S/C14H13ClO/c1-11(15)12-7-9-14(10-8-12)16-13-5-3-2-4-6-13/h2-11H,1H3. The summed E-state index contributed by atoms with van der Waals surface area (Å²) in [5.41, 5.74) is 1.10. The van der Waals surface area contributed by atoms with Gasteiger partial charge in [-0.1, -0.05) is 30.3 Å². The van der Waals surface area contributed by atoms with Gasteiger partial charge in [0, 0.05) is 0 Å². The first-order valence-corrected chi connectivity index (χ1v) is 5.66. The minimum atomic E-state index is 0.0331. The van der Waals surface area contributed by atoms with Gasteiger partial charge in [-0.15, -0.1) is 11.6 Å². The Balaban J connectivity index is 2.11. The van der Waals surface area contributed by atoms with Crippen molar-refractivity contribution in [1.29, 1.82) is 0 Å². The van der Waals surface area contributed by atoms with E-state index < -0.39 is 0 Å². The molecule has 0 saturated carbocycles. The molecule has 0 aliphatic rings. The van der Waals surface area contributed by atoms with Crippen LogP contribution >= 0.6 is 11.6 Å². The molecule has 0 N–H and O–H groups in total. The Bertz CT molecular complexity index is 434. The van der Waals surface area contributed by atoms with Gasteiger partial charge in [0.25, 0.3) is 0 Å². The molecule has 0 radical (unpaired) electrons. The maximum absolute atomic E-state index is 5.97. The van der Waals surface area contributed by atoms with Gasteiger partial charge < -0.3 is 4.74 Å². The van der Waals surface area contributed by atoms with Crippen molar-refractivity contribution in [2.75, 3.05) is 0 Å². The molecule has 0 fully saturated rings. The molecule has 2 aromatic carbocycles. The van der Waals surface area contributed by atoms with Crippen molar-refractivity contribution < 1.29 is 4.74 Å². The Labute approximate surface area is 101 Å². The second kappa shape index (κ2) is 5.04. The Hall–Kier alpha value is -1.47. The van der Waals surface area contributed by atoms with E-state index in [1.54, 1.807) is 0 Å². The van der Waals surface area contributed by atoms with Crippen LogP contribution in [0, 0.1) is 0 Å². The fourth-order valence-corrected chi connectivity index (χ4v) is 1.57. The lowest BCUT2D eigenvalue weighted by Crippen LogP contribution is -1.86. The Morgan fingerprint density at radius 1 is 0.875 bits per heavy atom. The number of halogens is 1. The highest BCUT2D eigenvalue weighted by Gasteiger charge is 2.01. The van der Waals surface area contributed by atoms with E-state index in [9.17, 15) is 0 Å². The summed E-state index contributed by atoms with van der Waals surface area (Å²) in [5.74, 6) is 1.67. The normalized spacial score (nSPS) is 12.1. The molecule has 0 spiro atoms. The Morgan fingerprint density at radius 3 is 2.00 bits per heavy atom. The number of benzene rings is 2. The summed E-state index contributed by atoms with van der Waals surface area (Å²) >= 11 is 5.97. The third-order valence-corrected chi connectivity index (χ3v) is 2.57. The van der Waals surface area contributed by atoms with Crippen molar-refractivity contribution in [2.45, 2.75) is 12.3 Å². The van der Waals surface area contributed by atoms with Crippen LogP contribution in [-0.2, 0) is 0 Å². The second-order valence-corrected chi connectivity index (χ2v) is 4.25. The summed E-state index contributed by atoms with van der Waals surface area (Å²) in [6, 6.07) is 17.5. The summed E-state index contributed by atoms with van der Waals surface area (Å²) in [4.78, 5) is 0. The third-order valence-electron chi connectivity index (χ3n) is 2.32. The van der Waals surface area contributed by atoms with Crippen LogP contribution in [0.1, 0.15) is 17.9 Å². The topological polar surface area (TPSA) is 9.23 Å². The molecule has 0 heterocycles. The van der Waals surface area contributed by atoms with E-state index in [0.29, 0.717) is 0 Å². The summed E-state index contributed by atoms with van der Waals surface area (Å²) in [7, 11) is 0. The van der Waals surface area contributed by atoms with E-state index in [0.717, 1.165) is 17.1 Å². The second-order valence-electron chi connectivity index (χ2n) is 3.60. The molecule has 0 bridgehead atoms. The molecular weight excluding hydrogens is 220 g/mol. The predicted octanol–water partition coefficient (Wildman–Crippen LogP) is 4.78. The lowest BCUT2D eigenvalue weighted by atomic mass is 10.1. The molecule has 2 rings (SSSR count). The monoisotopic (exact) mass is 232 g/mol. The van der Waals surface area contributed by atoms with Crippen LogP contribution in [0.2, 0.25) is 0 Å². The Morgan fingerprint density at radius 2 is 1.44 bits per heavy atom. The number of hydrogen-bond donors (Lipinski definition) is 0. The first-order valence-electron chi connectivity index (χ1n) is 5.22. The van der Waals surface area contributed by atoms with Crippen molar-refractivity contribution in [1.82, 2.24) is 0 Å². The quantitative estimate of drug-likeness (QED) is 0.692. The van der Waals surface area contributed by atoms with Crippen LogP contribution in [0.3, 0.4) is 0 Å². The van der Waals surface area contributed by atoms with E-state index >= 15 is 0 Å². The molecule has 2 aromatic rings. The third kappa shape index (κ3) is 2.77. The first-order chi connectivity index (χ1) is 7.75. The van der Waals surface area contributed by atoms with Gasteiger partial charge in [0.15, 0.2) is 0 Å². The highest BCUT2D eigenvalue weighted by Crippen LogP contribution is 2.25. The number of hydrogen-bond acceptors (Lipinski definition) is 1. The highest BCUT2D eigenvalue weighted by atomic mass is 35.5. The van der Waals surface area contributed by atoms with Crippen LogP contribution in [0.4, 0.5) is 0 Å². The number of rotatable bonds is 3. The highest BCUT2D eigenvalue weighted by molar-refractivity contribution is 6.20. The van der Waals surface area contributed by atoms with Crippen LogP contribution in [0.5, 0.6) is 11.5 Å². The van der Waals surface area contributed by atoms with Gasteiger partial charge in [-0.3, -0.25) is 0 Å². The van der Waals surface area contributed by atoms with Gasteiger partial charge in [-0.25, -0.2) is 0 Å². The minimum Gasteiger partial charge on any atom is -0.457 e. The molecule has 1 atom stereocenters. The summed E-state index contributed by atoms with van der Waals surface area (Å²) in [6.45, 7) is 1.95. The zero-order chi connectivity index (χ0) is 11.4. The van der Waals surface area contributed by atoms with Crippen LogP contribution in [-0.4, -0.2) is 0 Å². The Kier molecular flexibility index (Phi) is 3.47. The molecule has 0 saturated heterocycles. The van der Waals surface area contributed by atoms with E-state index in [1.165, 1.54) is 0 Å².